The lowest BCUT2D eigenvalue weighted by Gasteiger charge is -2.21. The molecule has 0 spiro atoms. The van der Waals surface area contributed by atoms with Crippen molar-refractivity contribution in [1.29, 1.82) is 0 Å². The molecule has 0 aliphatic carbocycles. The zero-order valence-corrected chi connectivity index (χ0v) is 16.0. The fourth-order valence-corrected chi connectivity index (χ4v) is 3.42. The number of hydrogen-bond donors (Lipinski definition) is 0. The number of carbonyl (C=O) groups excluding carboxylic acids is 2. The van der Waals surface area contributed by atoms with Gasteiger partial charge in [0.25, 0.3) is 11.8 Å². The molecule has 0 N–H and O–H groups in total. The number of benzene rings is 2. The van der Waals surface area contributed by atoms with Gasteiger partial charge in [0.2, 0.25) is 0 Å². The van der Waals surface area contributed by atoms with E-state index in [1.165, 1.54) is 19.2 Å². The molecule has 2 aromatic rings. The molecule has 4 rings (SSSR count). The van der Waals surface area contributed by atoms with Gasteiger partial charge in [0.05, 0.1) is 25.6 Å². The summed E-state index contributed by atoms with van der Waals surface area (Å²) in [5.41, 5.74) is 3.32. The summed E-state index contributed by atoms with van der Waals surface area (Å²) in [5, 5.41) is 9.70. The summed E-state index contributed by atoms with van der Waals surface area (Å²) in [7, 11) is 3.02. The maximum absolute atomic E-state index is 13.2. The lowest BCUT2D eigenvalue weighted by atomic mass is 10.1. The molecule has 144 valence electrons. The van der Waals surface area contributed by atoms with Gasteiger partial charge in [-0.1, -0.05) is 11.3 Å². The predicted octanol–water partition coefficient (Wildman–Crippen LogP) is 2.82. The number of aryl methyl sites for hydroxylation is 2. The summed E-state index contributed by atoms with van der Waals surface area (Å²) >= 11 is 0. The third-order valence-electron chi connectivity index (χ3n) is 5.13. The van der Waals surface area contributed by atoms with E-state index in [-0.39, 0.29) is 5.91 Å². The molecule has 8 heteroatoms. The topological polar surface area (TPSA) is 83.8 Å². The van der Waals surface area contributed by atoms with Crippen molar-refractivity contribution in [3.8, 4) is 11.5 Å². The molecule has 2 aliphatic heterocycles. The monoisotopic (exact) mass is 380 g/mol. The van der Waals surface area contributed by atoms with Crippen molar-refractivity contribution in [2.45, 2.75) is 25.9 Å². The van der Waals surface area contributed by atoms with Crippen LogP contribution < -0.4 is 19.4 Å². The SMILES string of the molecule is COc1cc(OC)cc(N2C(=O)[C@@H]3[C@@H](N=NN3c3ccc(C)c(C)c3)C2=O)c1. The molecule has 0 unspecified atom stereocenters. The third kappa shape index (κ3) is 2.69. The second kappa shape index (κ2) is 6.63. The van der Waals surface area contributed by atoms with Crippen molar-refractivity contribution in [1.82, 2.24) is 0 Å². The summed E-state index contributed by atoms with van der Waals surface area (Å²) in [6.07, 6.45) is 0. The van der Waals surface area contributed by atoms with E-state index >= 15 is 0 Å². The molecule has 2 atom stereocenters. The summed E-state index contributed by atoms with van der Waals surface area (Å²) in [4.78, 5) is 27.3. The van der Waals surface area contributed by atoms with Gasteiger partial charge in [-0.05, 0) is 37.1 Å². The van der Waals surface area contributed by atoms with Crippen LogP contribution >= 0.6 is 0 Å². The summed E-state index contributed by atoms with van der Waals surface area (Å²) in [6, 6.07) is 9.02. The molecule has 8 nitrogen and oxygen atoms in total. The van der Waals surface area contributed by atoms with Gasteiger partial charge < -0.3 is 9.47 Å². The van der Waals surface area contributed by atoms with Crippen molar-refractivity contribution < 1.29 is 19.1 Å². The number of nitrogens with zero attached hydrogens (tertiary/aromatic N) is 4. The highest BCUT2D eigenvalue weighted by Gasteiger charge is 2.55. The lowest BCUT2D eigenvalue weighted by molar-refractivity contribution is -0.121. The fraction of sp³-hybridized carbons (Fsp3) is 0.300. The summed E-state index contributed by atoms with van der Waals surface area (Å²) in [5.74, 6) is 0.174. The molecule has 2 aromatic carbocycles. The average molecular weight is 380 g/mol. The zero-order chi connectivity index (χ0) is 20.0. The largest absolute Gasteiger partial charge is 0.497 e. The highest BCUT2D eigenvalue weighted by atomic mass is 16.5. The van der Waals surface area contributed by atoms with Crippen molar-refractivity contribution >= 4 is 23.2 Å². The predicted molar refractivity (Wildman–Crippen MR) is 103 cm³/mol. The van der Waals surface area contributed by atoms with Gasteiger partial charge in [-0.2, -0.15) is 5.11 Å². The first kappa shape index (κ1) is 18.0. The van der Waals surface area contributed by atoms with E-state index in [0.717, 1.165) is 21.7 Å². The number of methoxy groups -OCH3 is 2. The van der Waals surface area contributed by atoms with E-state index < -0.39 is 18.0 Å². The van der Waals surface area contributed by atoms with Crippen LogP contribution in [0.2, 0.25) is 0 Å². The smallest absolute Gasteiger partial charge is 0.263 e. The summed E-state index contributed by atoms with van der Waals surface area (Å²) in [6.45, 7) is 4.00. The number of carbonyl (C=O) groups is 2. The van der Waals surface area contributed by atoms with E-state index in [9.17, 15) is 9.59 Å². The number of amides is 2. The zero-order valence-electron chi connectivity index (χ0n) is 16.0. The Kier molecular flexibility index (Phi) is 4.26. The molecule has 1 fully saturated rings. The molecule has 1 saturated heterocycles. The van der Waals surface area contributed by atoms with Crippen LogP contribution in [0, 0.1) is 13.8 Å². The molecule has 0 saturated carbocycles. The first-order valence-corrected chi connectivity index (χ1v) is 8.82. The Morgan fingerprint density at radius 3 is 2.14 bits per heavy atom. The minimum Gasteiger partial charge on any atom is -0.497 e. The van der Waals surface area contributed by atoms with Crippen molar-refractivity contribution in [3.63, 3.8) is 0 Å². The number of anilines is 2. The number of imide groups is 1. The van der Waals surface area contributed by atoms with Crippen LogP contribution in [0.5, 0.6) is 11.5 Å². The van der Waals surface area contributed by atoms with E-state index in [1.807, 2.05) is 32.0 Å². The van der Waals surface area contributed by atoms with Crippen molar-refractivity contribution in [3.05, 3.63) is 47.5 Å². The van der Waals surface area contributed by atoms with E-state index in [4.69, 9.17) is 9.47 Å². The maximum Gasteiger partial charge on any atom is 0.263 e. The molecule has 0 radical (unpaired) electrons. The maximum atomic E-state index is 13.2. The molecule has 2 heterocycles. The molecule has 28 heavy (non-hydrogen) atoms. The van der Waals surface area contributed by atoms with Crippen molar-refractivity contribution in [2.24, 2.45) is 10.3 Å². The van der Waals surface area contributed by atoms with Gasteiger partial charge in [0, 0.05) is 18.2 Å². The van der Waals surface area contributed by atoms with Gasteiger partial charge in [0.1, 0.15) is 11.5 Å². The van der Waals surface area contributed by atoms with E-state index in [0.29, 0.717) is 17.2 Å². The van der Waals surface area contributed by atoms with Gasteiger partial charge in [-0.25, -0.2) is 9.91 Å². The number of ether oxygens (including phenoxy) is 2. The van der Waals surface area contributed by atoms with Crippen LogP contribution in [0.1, 0.15) is 11.1 Å². The van der Waals surface area contributed by atoms with E-state index in [1.54, 1.807) is 18.2 Å². The third-order valence-corrected chi connectivity index (χ3v) is 5.13. The van der Waals surface area contributed by atoms with Gasteiger partial charge in [0.15, 0.2) is 12.1 Å². The van der Waals surface area contributed by atoms with Gasteiger partial charge in [-0.3, -0.25) is 9.59 Å². The fourth-order valence-electron chi connectivity index (χ4n) is 3.42. The Hall–Kier alpha value is -3.42. The van der Waals surface area contributed by atoms with Gasteiger partial charge >= 0.3 is 0 Å². The minimum absolute atomic E-state index is 0.381. The van der Waals surface area contributed by atoms with Crippen LogP contribution in [0.3, 0.4) is 0 Å². The summed E-state index contributed by atoms with van der Waals surface area (Å²) < 4.78 is 10.5. The molecular weight excluding hydrogens is 360 g/mol. The lowest BCUT2D eigenvalue weighted by Crippen LogP contribution is -2.40. The Morgan fingerprint density at radius 2 is 1.54 bits per heavy atom. The number of rotatable bonds is 4. The molecule has 2 amide bonds. The number of fused-ring (bicyclic) bond motifs is 1. The van der Waals surface area contributed by atoms with Crippen LogP contribution in [0.15, 0.2) is 46.7 Å². The Bertz CT molecular complexity index is 981. The molecule has 2 aliphatic rings. The Balaban J connectivity index is 1.71. The average Bonchev–Trinajstić information content (AvgIpc) is 3.24. The molecular formula is C20H20N4O4. The van der Waals surface area contributed by atoms with Crippen LogP contribution in [0.4, 0.5) is 11.4 Å². The van der Waals surface area contributed by atoms with Crippen molar-refractivity contribution in [2.75, 3.05) is 24.1 Å². The molecule has 0 aromatic heterocycles. The highest BCUT2D eigenvalue weighted by molar-refractivity contribution is 6.26. The second-order valence-electron chi connectivity index (χ2n) is 6.79. The van der Waals surface area contributed by atoms with Gasteiger partial charge in [-0.15, -0.1) is 0 Å². The normalized spacial score (nSPS) is 20.7. The van der Waals surface area contributed by atoms with E-state index in [2.05, 4.69) is 10.3 Å². The standard InChI is InChI=1S/C20H20N4O4/c1-11-5-6-13(7-12(11)2)24-18-17(21-22-24)19(25)23(20(18)26)14-8-15(27-3)10-16(9-14)28-4/h5-10,17-18H,1-4H3/t17-,18+/m1/s1. The second-order valence-corrected chi connectivity index (χ2v) is 6.79. The van der Waals surface area contributed by atoms with Crippen LogP contribution in [0.25, 0.3) is 0 Å². The quantitative estimate of drug-likeness (QED) is 0.762. The first-order chi connectivity index (χ1) is 13.4. The Labute approximate surface area is 162 Å². The van der Waals surface area contributed by atoms with Crippen LogP contribution in [-0.4, -0.2) is 38.1 Å². The Morgan fingerprint density at radius 1 is 0.857 bits per heavy atom. The van der Waals surface area contributed by atoms with Crippen LogP contribution in [-0.2, 0) is 9.59 Å². The number of hydrogen-bond acceptors (Lipinski definition) is 7. The molecule has 0 bridgehead atoms. The minimum atomic E-state index is -0.869. The first-order valence-electron chi connectivity index (χ1n) is 8.82. The highest BCUT2D eigenvalue weighted by Crippen LogP contribution is 2.37.